The van der Waals surface area contributed by atoms with E-state index in [0.29, 0.717) is 28.1 Å². The molecular formula is C16H21N3O2S2. The number of piperidine rings is 1. The summed E-state index contributed by atoms with van der Waals surface area (Å²) < 4.78 is 2.35. The number of amides is 1. The second-order valence-electron chi connectivity index (χ2n) is 5.93. The van der Waals surface area contributed by atoms with Gasteiger partial charge in [0.15, 0.2) is 5.16 Å². The lowest BCUT2D eigenvalue weighted by atomic mass is 9.99. The van der Waals surface area contributed by atoms with Crippen LogP contribution in [-0.4, -0.2) is 39.2 Å². The molecule has 1 aliphatic heterocycles. The van der Waals surface area contributed by atoms with Crippen LogP contribution in [0.15, 0.2) is 21.4 Å². The molecule has 3 rings (SSSR count). The summed E-state index contributed by atoms with van der Waals surface area (Å²) >= 11 is 2.79. The number of likely N-dealkylation sites (tertiary alicyclic amines) is 1. The van der Waals surface area contributed by atoms with Crippen molar-refractivity contribution in [3.63, 3.8) is 0 Å². The van der Waals surface area contributed by atoms with Crippen molar-refractivity contribution < 1.29 is 4.79 Å². The molecule has 23 heavy (non-hydrogen) atoms. The number of hydrogen-bond acceptors (Lipinski definition) is 5. The lowest BCUT2D eigenvalue weighted by molar-refractivity contribution is -0.129. The molecule has 1 fully saturated rings. The third kappa shape index (κ3) is 3.45. The van der Waals surface area contributed by atoms with Crippen LogP contribution < -0.4 is 5.56 Å². The molecular weight excluding hydrogens is 330 g/mol. The number of rotatable bonds is 4. The number of carbonyl (C=O) groups excluding carboxylic acids is 1. The van der Waals surface area contributed by atoms with E-state index in [2.05, 4.69) is 11.9 Å². The summed E-state index contributed by atoms with van der Waals surface area (Å²) in [5, 5.41) is 2.52. The lowest BCUT2D eigenvalue weighted by Crippen LogP contribution is -2.39. The zero-order valence-electron chi connectivity index (χ0n) is 13.4. The summed E-state index contributed by atoms with van der Waals surface area (Å²) in [5.41, 5.74) is 0.723. The fourth-order valence-corrected chi connectivity index (χ4v) is 4.53. The maximum atomic E-state index is 12.4. The molecule has 1 saturated heterocycles. The first-order chi connectivity index (χ1) is 11.1. The third-order valence-corrected chi connectivity index (χ3v) is 6.16. The van der Waals surface area contributed by atoms with Crippen LogP contribution in [-0.2, 0) is 11.3 Å². The second-order valence-corrected chi connectivity index (χ2v) is 7.79. The fourth-order valence-electron chi connectivity index (χ4n) is 2.79. The molecule has 3 heterocycles. The van der Waals surface area contributed by atoms with Crippen molar-refractivity contribution >= 4 is 39.2 Å². The first-order valence-corrected chi connectivity index (χ1v) is 9.85. The monoisotopic (exact) mass is 351 g/mol. The molecule has 0 aliphatic carbocycles. The van der Waals surface area contributed by atoms with Gasteiger partial charge in [-0.2, -0.15) is 0 Å². The molecule has 0 bridgehead atoms. The van der Waals surface area contributed by atoms with Crippen molar-refractivity contribution in [2.45, 2.75) is 38.4 Å². The molecule has 0 N–H and O–H groups in total. The van der Waals surface area contributed by atoms with E-state index < -0.39 is 0 Å². The molecule has 2 aromatic heterocycles. The molecule has 1 amide bonds. The molecule has 0 radical (unpaired) electrons. The van der Waals surface area contributed by atoms with Gasteiger partial charge in [0.05, 0.1) is 11.3 Å². The first kappa shape index (κ1) is 16.5. The van der Waals surface area contributed by atoms with Crippen LogP contribution in [0.1, 0.15) is 26.7 Å². The summed E-state index contributed by atoms with van der Waals surface area (Å²) in [6, 6.07) is 1.86. The van der Waals surface area contributed by atoms with Crippen LogP contribution in [0.3, 0.4) is 0 Å². The Morgan fingerprint density at radius 2 is 2.17 bits per heavy atom. The predicted molar refractivity (Wildman–Crippen MR) is 95.3 cm³/mol. The van der Waals surface area contributed by atoms with E-state index in [1.807, 2.05) is 23.3 Å². The molecule has 1 aliphatic rings. The average molecular weight is 351 g/mol. The maximum absolute atomic E-state index is 12.4. The summed E-state index contributed by atoms with van der Waals surface area (Å²) in [6.07, 6.45) is 2.16. The normalized spacial score (nSPS) is 16.2. The third-order valence-electron chi connectivity index (χ3n) is 4.31. The van der Waals surface area contributed by atoms with Crippen molar-refractivity contribution in [2.75, 3.05) is 18.8 Å². The number of thioether (sulfide) groups is 1. The standard InChI is InChI=1S/C16H21N3O2S2/c1-3-19-15(21)14-12(6-9-22-14)17-16(19)23-10-13(20)18-7-4-11(2)5-8-18/h6,9,11H,3-5,7-8,10H2,1-2H3. The summed E-state index contributed by atoms with van der Waals surface area (Å²) in [4.78, 5) is 31.3. The zero-order valence-corrected chi connectivity index (χ0v) is 15.1. The molecule has 0 saturated carbocycles. The van der Waals surface area contributed by atoms with Crippen LogP contribution in [0.2, 0.25) is 0 Å². The predicted octanol–water partition coefficient (Wildman–Crippen LogP) is 2.83. The Labute approximate surface area is 143 Å². The van der Waals surface area contributed by atoms with Crippen molar-refractivity contribution in [3.8, 4) is 0 Å². The van der Waals surface area contributed by atoms with E-state index in [1.165, 1.54) is 23.1 Å². The minimum Gasteiger partial charge on any atom is -0.342 e. The van der Waals surface area contributed by atoms with E-state index in [1.54, 1.807) is 4.57 Å². The Morgan fingerprint density at radius 3 is 2.87 bits per heavy atom. The Kier molecular flexibility index (Phi) is 5.06. The van der Waals surface area contributed by atoms with Crippen LogP contribution in [0.4, 0.5) is 0 Å². The SMILES string of the molecule is CCn1c(SCC(=O)N2CCC(C)CC2)nc2ccsc2c1=O. The number of thiophene rings is 1. The van der Waals surface area contributed by atoms with E-state index in [-0.39, 0.29) is 11.5 Å². The van der Waals surface area contributed by atoms with Crippen LogP contribution in [0.25, 0.3) is 10.2 Å². The largest absolute Gasteiger partial charge is 0.342 e. The van der Waals surface area contributed by atoms with Crippen LogP contribution in [0, 0.1) is 5.92 Å². The smallest absolute Gasteiger partial charge is 0.272 e. The Bertz CT molecular complexity index is 760. The van der Waals surface area contributed by atoms with Gasteiger partial charge < -0.3 is 4.90 Å². The van der Waals surface area contributed by atoms with Gasteiger partial charge in [-0.3, -0.25) is 14.2 Å². The van der Waals surface area contributed by atoms with Gasteiger partial charge in [0.2, 0.25) is 5.91 Å². The van der Waals surface area contributed by atoms with Gasteiger partial charge in [-0.15, -0.1) is 11.3 Å². The minimum absolute atomic E-state index is 0.00533. The van der Waals surface area contributed by atoms with E-state index in [9.17, 15) is 9.59 Å². The van der Waals surface area contributed by atoms with Gasteiger partial charge in [0.25, 0.3) is 5.56 Å². The van der Waals surface area contributed by atoms with Crippen LogP contribution >= 0.6 is 23.1 Å². The highest BCUT2D eigenvalue weighted by Gasteiger charge is 2.21. The van der Waals surface area contributed by atoms with Gasteiger partial charge in [-0.05, 0) is 37.1 Å². The molecule has 0 unspecified atom stereocenters. The van der Waals surface area contributed by atoms with Crippen molar-refractivity contribution in [3.05, 3.63) is 21.8 Å². The summed E-state index contributed by atoms with van der Waals surface area (Å²) in [5.74, 6) is 1.19. The van der Waals surface area contributed by atoms with Crippen molar-refractivity contribution in [1.82, 2.24) is 14.5 Å². The second kappa shape index (κ2) is 7.05. The number of nitrogens with zero attached hydrogens (tertiary/aromatic N) is 3. The van der Waals surface area contributed by atoms with E-state index in [4.69, 9.17) is 0 Å². The summed E-state index contributed by atoms with van der Waals surface area (Å²) in [6.45, 7) is 6.42. The van der Waals surface area contributed by atoms with Gasteiger partial charge in [-0.25, -0.2) is 4.98 Å². The first-order valence-electron chi connectivity index (χ1n) is 7.98. The molecule has 5 nitrogen and oxygen atoms in total. The molecule has 0 atom stereocenters. The molecule has 124 valence electrons. The highest BCUT2D eigenvalue weighted by atomic mass is 32.2. The minimum atomic E-state index is -0.00533. The highest BCUT2D eigenvalue weighted by molar-refractivity contribution is 7.99. The molecule has 7 heteroatoms. The maximum Gasteiger partial charge on any atom is 0.272 e. The Hall–Kier alpha value is -1.34. The molecule has 0 aromatic carbocycles. The average Bonchev–Trinajstić information content (AvgIpc) is 3.02. The summed E-state index contributed by atoms with van der Waals surface area (Å²) in [7, 11) is 0. The van der Waals surface area contributed by atoms with Gasteiger partial charge in [0.1, 0.15) is 4.70 Å². The fraction of sp³-hybridized carbons (Fsp3) is 0.562. The zero-order chi connectivity index (χ0) is 16.4. The van der Waals surface area contributed by atoms with Gasteiger partial charge in [-0.1, -0.05) is 18.7 Å². The Balaban J connectivity index is 1.74. The topological polar surface area (TPSA) is 55.2 Å². The lowest BCUT2D eigenvalue weighted by Gasteiger charge is -2.30. The van der Waals surface area contributed by atoms with E-state index in [0.717, 1.165) is 31.4 Å². The van der Waals surface area contributed by atoms with Gasteiger partial charge >= 0.3 is 0 Å². The highest BCUT2D eigenvalue weighted by Crippen LogP contribution is 2.22. The van der Waals surface area contributed by atoms with Gasteiger partial charge in [0, 0.05) is 19.6 Å². The number of aromatic nitrogens is 2. The van der Waals surface area contributed by atoms with E-state index >= 15 is 0 Å². The number of hydrogen-bond donors (Lipinski definition) is 0. The number of fused-ring (bicyclic) bond motifs is 1. The van der Waals surface area contributed by atoms with Crippen LogP contribution in [0.5, 0.6) is 0 Å². The molecule has 2 aromatic rings. The molecule has 0 spiro atoms. The number of carbonyl (C=O) groups is 1. The Morgan fingerprint density at radius 1 is 1.43 bits per heavy atom. The van der Waals surface area contributed by atoms with Crippen molar-refractivity contribution in [2.24, 2.45) is 5.92 Å². The quantitative estimate of drug-likeness (QED) is 0.628. The van der Waals surface area contributed by atoms with Crippen molar-refractivity contribution in [1.29, 1.82) is 0 Å².